The van der Waals surface area contributed by atoms with E-state index in [1.54, 1.807) is 0 Å². The third kappa shape index (κ3) is 2.09. The van der Waals surface area contributed by atoms with Gasteiger partial charge in [-0.3, -0.25) is 0 Å². The molecule has 0 spiro atoms. The summed E-state index contributed by atoms with van der Waals surface area (Å²) in [6, 6.07) is 1.91. The van der Waals surface area contributed by atoms with E-state index in [2.05, 4.69) is 0 Å². The van der Waals surface area contributed by atoms with E-state index in [0.29, 0.717) is 11.3 Å². The first kappa shape index (κ1) is 10.2. The van der Waals surface area contributed by atoms with Crippen LogP contribution in [0.1, 0.15) is 11.6 Å². The predicted octanol–water partition coefficient (Wildman–Crippen LogP) is 1.02. The van der Waals surface area contributed by atoms with Gasteiger partial charge in [-0.25, -0.2) is 4.39 Å². The highest BCUT2D eigenvalue weighted by Crippen LogP contribution is 2.27. The Hall–Kier alpha value is -0.840. The summed E-state index contributed by atoms with van der Waals surface area (Å²) in [4.78, 5) is 0. The normalized spacial score (nSPS) is 12.9. The Balaban J connectivity index is 3.20. The maximum Gasteiger partial charge on any atom is 0.125 e. The Morgan fingerprint density at radius 3 is 2.62 bits per heavy atom. The molecular formula is C8H11ClFN3. The molecule has 0 aromatic heterocycles. The third-order valence-corrected chi connectivity index (χ3v) is 2.09. The first-order valence-electron chi connectivity index (χ1n) is 3.76. The van der Waals surface area contributed by atoms with Crippen molar-refractivity contribution in [3.8, 4) is 0 Å². The lowest BCUT2D eigenvalue weighted by Crippen LogP contribution is -2.22. The van der Waals surface area contributed by atoms with E-state index < -0.39 is 11.9 Å². The van der Waals surface area contributed by atoms with Gasteiger partial charge in [0.1, 0.15) is 5.82 Å². The van der Waals surface area contributed by atoms with Gasteiger partial charge in [0.25, 0.3) is 0 Å². The summed E-state index contributed by atoms with van der Waals surface area (Å²) in [7, 11) is 0. The van der Waals surface area contributed by atoms with E-state index in [1.807, 2.05) is 0 Å². The molecule has 72 valence electrons. The van der Waals surface area contributed by atoms with Crippen molar-refractivity contribution in [1.82, 2.24) is 0 Å². The molecule has 1 aromatic carbocycles. The van der Waals surface area contributed by atoms with Gasteiger partial charge in [-0.05, 0) is 17.7 Å². The Bertz CT molecular complexity index is 317. The van der Waals surface area contributed by atoms with E-state index in [1.165, 1.54) is 6.07 Å². The zero-order chi connectivity index (χ0) is 10.0. The molecule has 0 aliphatic carbocycles. The summed E-state index contributed by atoms with van der Waals surface area (Å²) < 4.78 is 12.9. The minimum Gasteiger partial charge on any atom is -0.397 e. The number of halogens is 2. The molecule has 1 atom stereocenters. The highest BCUT2D eigenvalue weighted by molar-refractivity contribution is 6.33. The molecule has 0 fully saturated rings. The number of hydrogen-bond acceptors (Lipinski definition) is 3. The number of anilines is 1. The van der Waals surface area contributed by atoms with Gasteiger partial charge in [-0.1, -0.05) is 11.6 Å². The van der Waals surface area contributed by atoms with Crippen molar-refractivity contribution < 1.29 is 4.39 Å². The first-order valence-corrected chi connectivity index (χ1v) is 4.14. The third-order valence-electron chi connectivity index (χ3n) is 1.78. The first-order chi connectivity index (χ1) is 6.06. The molecule has 13 heavy (non-hydrogen) atoms. The molecular weight excluding hydrogens is 193 g/mol. The molecule has 0 bridgehead atoms. The minimum atomic E-state index is -0.479. The standard InChI is InChI=1S/C8H11ClFN3/c9-6-2-4(10)1-5(8(6)13)7(12)3-11/h1-2,7H,3,11-13H2/t7-/m0/s1. The van der Waals surface area contributed by atoms with Gasteiger partial charge in [0.2, 0.25) is 0 Å². The number of nitrogen functional groups attached to an aromatic ring is 1. The van der Waals surface area contributed by atoms with Crippen LogP contribution >= 0.6 is 11.6 Å². The fourth-order valence-electron chi connectivity index (χ4n) is 1.04. The van der Waals surface area contributed by atoms with Gasteiger partial charge in [-0.15, -0.1) is 0 Å². The lowest BCUT2D eigenvalue weighted by Gasteiger charge is -2.13. The molecule has 0 saturated carbocycles. The van der Waals surface area contributed by atoms with Crippen molar-refractivity contribution in [3.05, 3.63) is 28.5 Å². The second-order valence-electron chi connectivity index (χ2n) is 2.73. The van der Waals surface area contributed by atoms with Gasteiger partial charge in [0.05, 0.1) is 10.7 Å². The van der Waals surface area contributed by atoms with E-state index in [4.69, 9.17) is 28.8 Å². The van der Waals surface area contributed by atoms with Crippen LogP contribution in [0.2, 0.25) is 5.02 Å². The van der Waals surface area contributed by atoms with Gasteiger partial charge in [0.15, 0.2) is 0 Å². The maximum atomic E-state index is 12.9. The van der Waals surface area contributed by atoms with Gasteiger partial charge in [-0.2, -0.15) is 0 Å². The van der Waals surface area contributed by atoms with Crippen LogP contribution in [0.15, 0.2) is 12.1 Å². The molecule has 1 rings (SSSR count). The average Bonchev–Trinajstić information content (AvgIpc) is 2.10. The van der Waals surface area contributed by atoms with Crippen LogP contribution in [-0.4, -0.2) is 6.54 Å². The molecule has 0 saturated heterocycles. The van der Waals surface area contributed by atoms with Gasteiger partial charge < -0.3 is 17.2 Å². The highest BCUT2D eigenvalue weighted by Gasteiger charge is 2.12. The summed E-state index contributed by atoms with van der Waals surface area (Å²) in [6.07, 6.45) is 0. The van der Waals surface area contributed by atoms with E-state index in [9.17, 15) is 4.39 Å². The highest BCUT2D eigenvalue weighted by atomic mass is 35.5. The largest absolute Gasteiger partial charge is 0.397 e. The van der Waals surface area contributed by atoms with Gasteiger partial charge in [0, 0.05) is 12.6 Å². The molecule has 0 amide bonds. The number of rotatable bonds is 2. The summed E-state index contributed by atoms with van der Waals surface area (Å²) in [5, 5.41) is 0.166. The lowest BCUT2D eigenvalue weighted by atomic mass is 10.1. The van der Waals surface area contributed by atoms with Crippen molar-refractivity contribution in [2.75, 3.05) is 12.3 Å². The second kappa shape index (κ2) is 3.91. The zero-order valence-electron chi connectivity index (χ0n) is 6.93. The van der Waals surface area contributed by atoms with Crippen LogP contribution in [0.3, 0.4) is 0 Å². The van der Waals surface area contributed by atoms with Crippen LogP contribution in [0.4, 0.5) is 10.1 Å². The van der Waals surface area contributed by atoms with Crippen LogP contribution < -0.4 is 17.2 Å². The number of benzene rings is 1. The molecule has 0 unspecified atom stereocenters. The minimum absolute atomic E-state index is 0.166. The Labute approximate surface area is 80.6 Å². The van der Waals surface area contributed by atoms with Gasteiger partial charge >= 0.3 is 0 Å². The van der Waals surface area contributed by atoms with E-state index >= 15 is 0 Å². The Kier molecular flexibility index (Phi) is 3.08. The van der Waals surface area contributed by atoms with Crippen molar-refractivity contribution in [2.45, 2.75) is 6.04 Å². The lowest BCUT2D eigenvalue weighted by molar-refractivity contribution is 0.620. The Morgan fingerprint density at radius 1 is 1.46 bits per heavy atom. The van der Waals surface area contributed by atoms with Crippen LogP contribution in [0.25, 0.3) is 0 Å². The Morgan fingerprint density at radius 2 is 2.08 bits per heavy atom. The topological polar surface area (TPSA) is 78.1 Å². The molecule has 0 radical (unpaired) electrons. The summed E-state index contributed by atoms with van der Waals surface area (Å²) >= 11 is 5.66. The van der Waals surface area contributed by atoms with E-state index in [0.717, 1.165) is 6.07 Å². The van der Waals surface area contributed by atoms with Crippen molar-refractivity contribution >= 4 is 17.3 Å². The fraction of sp³-hybridized carbons (Fsp3) is 0.250. The average molecular weight is 204 g/mol. The maximum absolute atomic E-state index is 12.9. The van der Waals surface area contributed by atoms with Crippen molar-refractivity contribution in [3.63, 3.8) is 0 Å². The number of nitrogens with two attached hydrogens (primary N) is 3. The quantitative estimate of drug-likeness (QED) is 0.628. The molecule has 1 aromatic rings. The van der Waals surface area contributed by atoms with E-state index in [-0.39, 0.29) is 11.6 Å². The zero-order valence-corrected chi connectivity index (χ0v) is 7.68. The molecule has 0 heterocycles. The summed E-state index contributed by atoms with van der Waals surface area (Å²) in [6.45, 7) is 0.198. The molecule has 0 aliphatic rings. The monoisotopic (exact) mass is 203 g/mol. The molecule has 0 aliphatic heterocycles. The predicted molar refractivity (Wildman–Crippen MR) is 51.8 cm³/mol. The number of hydrogen-bond donors (Lipinski definition) is 3. The molecule has 5 heteroatoms. The van der Waals surface area contributed by atoms with Crippen LogP contribution in [0, 0.1) is 5.82 Å². The van der Waals surface area contributed by atoms with Crippen molar-refractivity contribution in [2.24, 2.45) is 11.5 Å². The fourth-order valence-corrected chi connectivity index (χ4v) is 1.25. The molecule has 6 N–H and O–H groups in total. The summed E-state index contributed by atoms with van der Waals surface area (Å²) in [5.74, 6) is -0.460. The SMILES string of the molecule is NC[C@H](N)c1cc(F)cc(Cl)c1N. The van der Waals surface area contributed by atoms with Crippen molar-refractivity contribution in [1.29, 1.82) is 0 Å². The molecule has 3 nitrogen and oxygen atoms in total. The smallest absolute Gasteiger partial charge is 0.125 e. The van der Waals surface area contributed by atoms with Crippen LogP contribution in [0.5, 0.6) is 0 Å². The second-order valence-corrected chi connectivity index (χ2v) is 3.14. The van der Waals surface area contributed by atoms with Crippen LogP contribution in [-0.2, 0) is 0 Å². The summed E-state index contributed by atoms with van der Waals surface area (Å²) in [5.41, 5.74) is 17.3.